The maximum absolute atomic E-state index is 13.7. The molecule has 1 fully saturated rings. The normalized spacial score (nSPS) is 15.3. The average molecular weight is 700 g/mol. The van der Waals surface area contributed by atoms with Crippen molar-refractivity contribution in [2.45, 2.75) is 19.1 Å². The number of nitrogens with zero attached hydrogens (tertiary/aromatic N) is 5. The van der Waals surface area contributed by atoms with Gasteiger partial charge in [-0.05, 0) is 29.8 Å². The van der Waals surface area contributed by atoms with Crippen molar-refractivity contribution in [3.05, 3.63) is 129 Å². The lowest BCUT2D eigenvalue weighted by molar-refractivity contribution is -0.142. The Balaban J connectivity index is 1.26. The Kier molecular flexibility index (Phi) is 10.1. The largest absolute Gasteiger partial charge is 0.355 e. The molecule has 5 aromatic rings. The summed E-state index contributed by atoms with van der Waals surface area (Å²) >= 11 is 7.44. The second-order valence-corrected chi connectivity index (χ2v) is 14.6. The van der Waals surface area contributed by atoms with Gasteiger partial charge >= 0.3 is 0 Å². The van der Waals surface area contributed by atoms with Crippen molar-refractivity contribution in [1.29, 1.82) is 5.26 Å². The number of thiophene rings is 1. The zero-order valence-corrected chi connectivity index (χ0v) is 28.2. The van der Waals surface area contributed by atoms with E-state index in [1.807, 2.05) is 71.6 Å². The van der Waals surface area contributed by atoms with Crippen LogP contribution in [-0.2, 0) is 32.2 Å². The molecule has 3 heterocycles. The van der Waals surface area contributed by atoms with Crippen molar-refractivity contribution in [2.24, 2.45) is 4.99 Å². The van der Waals surface area contributed by atoms with Crippen molar-refractivity contribution < 1.29 is 21.9 Å². The summed E-state index contributed by atoms with van der Waals surface area (Å²) in [5, 5.41) is 14.1. The SMILES string of the molecule is CS(=O)(=O)OC[C@H]1CN(Cc2cc(-c3ccc(Cl)s3)on2)CC(=O)N1Cc1ccc(C#N)c(N=C(c2ccccc2)c2ccccc2)c1. The number of aliphatic imine (C=N–C) groups is 1. The molecule has 2 aromatic heterocycles. The third-order valence-corrected chi connectivity index (χ3v) is 9.50. The molecule has 13 heteroatoms. The molecule has 1 saturated heterocycles. The molecule has 0 bridgehead atoms. The zero-order valence-electron chi connectivity index (χ0n) is 25.8. The average Bonchev–Trinajstić information content (AvgIpc) is 3.73. The second-order valence-electron chi connectivity index (χ2n) is 11.3. The van der Waals surface area contributed by atoms with Crippen molar-refractivity contribution in [3.63, 3.8) is 0 Å². The van der Waals surface area contributed by atoms with Crippen LogP contribution < -0.4 is 0 Å². The fourth-order valence-electron chi connectivity index (χ4n) is 5.48. The summed E-state index contributed by atoms with van der Waals surface area (Å²) in [5.74, 6) is 0.367. The van der Waals surface area contributed by atoms with Gasteiger partial charge in [0.05, 0.1) is 57.3 Å². The highest BCUT2D eigenvalue weighted by Gasteiger charge is 2.34. The molecule has 3 aromatic carbocycles. The summed E-state index contributed by atoms with van der Waals surface area (Å²) in [7, 11) is -3.77. The second kappa shape index (κ2) is 14.6. The Morgan fingerprint density at radius 2 is 1.75 bits per heavy atom. The van der Waals surface area contributed by atoms with Crippen molar-refractivity contribution >= 4 is 50.4 Å². The standard InChI is InChI=1S/C35H30ClN5O5S2/c1-48(43,44)45-23-29-21-40(20-28-17-31(46-39-28)32-14-15-33(36)47-32)22-34(42)41(29)19-24-12-13-27(18-37)30(16-24)38-35(25-8-4-2-5-9-25)26-10-6-3-7-11-26/h2-17,29H,19-23H2,1H3/t29-/m1/s1. The Morgan fingerprint density at radius 1 is 1.04 bits per heavy atom. The van der Waals surface area contributed by atoms with E-state index < -0.39 is 16.2 Å². The number of piperazine rings is 1. The van der Waals surface area contributed by atoms with Gasteiger partial charge in [0.15, 0.2) is 5.76 Å². The van der Waals surface area contributed by atoms with Gasteiger partial charge in [-0.15, -0.1) is 11.3 Å². The summed E-state index contributed by atoms with van der Waals surface area (Å²) in [6.07, 6.45) is 0.982. The third-order valence-electron chi connectivity index (χ3n) is 7.69. The molecule has 1 aliphatic rings. The number of halogens is 1. The number of nitriles is 1. The highest BCUT2D eigenvalue weighted by Crippen LogP contribution is 2.32. The van der Waals surface area contributed by atoms with Gasteiger partial charge in [0.1, 0.15) is 6.07 Å². The van der Waals surface area contributed by atoms with E-state index in [9.17, 15) is 18.5 Å². The number of amides is 1. The summed E-state index contributed by atoms with van der Waals surface area (Å²) in [5.41, 5.74) is 4.68. The van der Waals surface area contributed by atoms with Crippen molar-refractivity contribution in [1.82, 2.24) is 15.0 Å². The molecule has 1 atom stereocenters. The molecule has 0 radical (unpaired) electrons. The minimum absolute atomic E-state index is 0.0792. The van der Waals surface area contributed by atoms with Crippen molar-refractivity contribution in [2.75, 3.05) is 26.0 Å². The number of hydrogen-bond donors (Lipinski definition) is 0. The molecule has 0 unspecified atom stereocenters. The molecular weight excluding hydrogens is 670 g/mol. The van der Waals surface area contributed by atoms with Gasteiger partial charge in [0.25, 0.3) is 10.1 Å². The van der Waals surface area contributed by atoms with Crippen molar-refractivity contribution in [3.8, 4) is 16.7 Å². The lowest BCUT2D eigenvalue weighted by Gasteiger charge is -2.40. The van der Waals surface area contributed by atoms with Crippen LogP contribution in [-0.4, -0.2) is 67.0 Å². The van der Waals surface area contributed by atoms with Gasteiger partial charge < -0.3 is 9.42 Å². The Hall–Kier alpha value is -4.64. The van der Waals surface area contributed by atoms with Crippen LogP contribution >= 0.6 is 22.9 Å². The minimum Gasteiger partial charge on any atom is -0.355 e. The van der Waals surface area contributed by atoms with Crippen LogP contribution in [0.15, 0.2) is 107 Å². The van der Waals surface area contributed by atoms with Crippen LogP contribution in [0.25, 0.3) is 10.6 Å². The highest BCUT2D eigenvalue weighted by molar-refractivity contribution is 7.85. The van der Waals surface area contributed by atoms with Gasteiger partial charge in [-0.1, -0.05) is 83.5 Å². The summed E-state index contributed by atoms with van der Waals surface area (Å²) in [6.45, 7) is 0.677. The van der Waals surface area contributed by atoms with Gasteiger partial charge in [-0.2, -0.15) is 13.7 Å². The molecule has 0 spiro atoms. The van der Waals surface area contributed by atoms with E-state index in [1.54, 1.807) is 35.2 Å². The molecule has 244 valence electrons. The van der Waals surface area contributed by atoms with Crippen LogP contribution in [0, 0.1) is 11.3 Å². The Morgan fingerprint density at radius 3 is 2.38 bits per heavy atom. The molecule has 0 aliphatic carbocycles. The zero-order chi connectivity index (χ0) is 33.7. The maximum Gasteiger partial charge on any atom is 0.264 e. The molecule has 0 N–H and O–H groups in total. The number of benzene rings is 3. The van der Waals surface area contributed by atoms with E-state index in [0.717, 1.165) is 27.8 Å². The van der Waals surface area contributed by atoms with Gasteiger partial charge in [0, 0.05) is 36.8 Å². The van der Waals surface area contributed by atoms with E-state index in [-0.39, 0.29) is 25.6 Å². The first-order valence-corrected chi connectivity index (χ1v) is 18.0. The van der Waals surface area contributed by atoms with Gasteiger partial charge in [-0.25, -0.2) is 4.99 Å². The number of aromatic nitrogens is 1. The number of hydrogen-bond acceptors (Lipinski definition) is 10. The lowest BCUT2D eigenvalue weighted by atomic mass is 10.0. The first-order chi connectivity index (χ1) is 23.1. The predicted octanol–water partition coefficient (Wildman–Crippen LogP) is 6.29. The van der Waals surface area contributed by atoms with Crippen LogP contribution in [0.2, 0.25) is 4.34 Å². The molecule has 48 heavy (non-hydrogen) atoms. The number of carbonyl (C=O) groups excluding carboxylic acids is 1. The lowest BCUT2D eigenvalue weighted by Crippen LogP contribution is -2.57. The fraction of sp³-hybridized carbons (Fsp3) is 0.200. The molecule has 1 aliphatic heterocycles. The fourth-order valence-corrected chi connectivity index (χ4v) is 6.87. The van der Waals surface area contributed by atoms with Crippen LogP contribution in [0.3, 0.4) is 0 Å². The summed E-state index contributed by atoms with van der Waals surface area (Å²) in [6, 6.07) is 31.8. The van der Waals surface area contributed by atoms with E-state index in [1.165, 1.54) is 11.3 Å². The predicted molar refractivity (Wildman–Crippen MR) is 185 cm³/mol. The highest BCUT2D eigenvalue weighted by atomic mass is 35.5. The van der Waals surface area contributed by atoms with E-state index >= 15 is 0 Å². The summed E-state index contributed by atoms with van der Waals surface area (Å²) in [4.78, 5) is 23.0. The maximum atomic E-state index is 13.7. The number of carbonyl (C=O) groups is 1. The topological polar surface area (TPSA) is 129 Å². The quantitative estimate of drug-likeness (QED) is 0.116. The molecule has 1 amide bonds. The Labute approximate surface area is 287 Å². The monoisotopic (exact) mass is 699 g/mol. The Bertz CT molecular complexity index is 2050. The molecule has 10 nitrogen and oxygen atoms in total. The van der Waals surface area contributed by atoms with E-state index in [2.05, 4.69) is 11.2 Å². The number of rotatable bonds is 11. The third kappa shape index (κ3) is 8.25. The molecule has 6 rings (SSSR count). The first-order valence-electron chi connectivity index (χ1n) is 15.0. The molecular formula is C35H30ClN5O5S2. The van der Waals surface area contributed by atoms with Gasteiger partial charge in [0.2, 0.25) is 5.91 Å². The van der Waals surface area contributed by atoms with E-state index in [4.69, 9.17) is 25.3 Å². The smallest absolute Gasteiger partial charge is 0.264 e. The van der Waals surface area contributed by atoms with Crippen LogP contribution in [0.4, 0.5) is 5.69 Å². The van der Waals surface area contributed by atoms with Gasteiger partial charge in [-0.3, -0.25) is 13.9 Å². The first kappa shape index (κ1) is 33.3. The van der Waals surface area contributed by atoms with E-state index in [0.29, 0.717) is 45.8 Å². The summed E-state index contributed by atoms with van der Waals surface area (Å²) < 4.78 is 35.3. The minimum atomic E-state index is -3.77. The molecule has 0 saturated carbocycles. The van der Waals surface area contributed by atoms with Crippen LogP contribution in [0.5, 0.6) is 0 Å². The van der Waals surface area contributed by atoms with Crippen LogP contribution in [0.1, 0.15) is 27.9 Å².